The van der Waals surface area contributed by atoms with E-state index in [9.17, 15) is 4.79 Å². The predicted octanol–water partition coefficient (Wildman–Crippen LogP) is 4.97. The lowest BCUT2D eigenvalue weighted by molar-refractivity contribution is -0.130. The zero-order valence-corrected chi connectivity index (χ0v) is 15.7. The number of carbonyl (C=O) groups excluding carboxylic acids is 1. The Labute approximate surface area is 164 Å². The van der Waals surface area contributed by atoms with Gasteiger partial charge >= 0.3 is 5.97 Å². The van der Waals surface area contributed by atoms with Gasteiger partial charge in [-0.25, -0.2) is 9.79 Å². The highest BCUT2D eigenvalue weighted by molar-refractivity contribution is 9.10. The summed E-state index contributed by atoms with van der Waals surface area (Å²) >= 11 is 3.44. The third kappa shape index (κ3) is 4.17. The molecule has 5 nitrogen and oxygen atoms in total. The van der Waals surface area contributed by atoms with Crippen molar-refractivity contribution >= 4 is 33.9 Å². The van der Waals surface area contributed by atoms with Gasteiger partial charge in [0.1, 0.15) is 12.4 Å². The summed E-state index contributed by atoms with van der Waals surface area (Å²) in [4.78, 5) is 16.2. The molecule has 0 aliphatic carbocycles. The summed E-state index contributed by atoms with van der Waals surface area (Å²) in [6, 6.07) is 18.8. The van der Waals surface area contributed by atoms with Crippen LogP contribution in [0, 0.1) is 0 Å². The number of carbonyl (C=O) groups is 1. The van der Waals surface area contributed by atoms with Crippen molar-refractivity contribution in [3.8, 4) is 5.75 Å². The van der Waals surface area contributed by atoms with E-state index < -0.39 is 5.97 Å². The second kappa shape index (κ2) is 7.63. The molecule has 0 fully saturated rings. The molecule has 0 saturated heterocycles. The molecule has 1 aliphatic heterocycles. The van der Waals surface area contributed by atoms with Crippen molar-refractivity contribution in [2.24, 2.45) is 4.99 Å². The van der Waals surface area contributed by atoms with Crippen molar-refractivity contribution in [2.45, 2.75) is 6.61 Å². The van der Waals surface area contributed by atoms with Crippen LogP contribution in [0.15, 0.2) is 86.5 Å². The van der Waals surface area contributed by atoms with Crippen molar-refractivity contribution in [3.05, 3.63) is 94.0 Å². The van der Waals surface area contributed by atoms with Crippen LogP contribution in [0.5, 0.6) is 5.75 Å². The number of hydrogen-bond donors (Lipinski definition) is 0. The van der Waals surface area contributed by atoms with Crippen molar-refractivity contribution < 1.29 is 18.7 Å². The number of hydrogen-bond acceptors (Lipinski definition) is 5. The van der Waals surface area contributed by atoms with Gasteiger partial charge in [-0.15, -0.1) is 0 Å². The Morgan fingerprint density at radius 2 is 1.93 bits per heavy atom. The van der Waals surface area contributed by atoms with E-state index in [1.165, 1.54) is 6.26 Å². The SMILES string of the molecule is O=C1OC(c2ccco2)=N/C1=C\c1ccc(OCc2cccc(Br)c2)cc1. The van der Waals surface area contributed by atoms with E-state index in [2.05, 4.69) is 20.9 Å². The molecule has 0 atom stereocenters. The van der Waals surface area contributed by atoms with Gasteiger partial charge in [0.25, 0.3) is 5.90 Å². The minimum atomic E-state index is -0.503. The first-order valence-corrected chi connectivity index (χ1v) is 9.00. The molecule has 0 amide bonds. The van der Waals surface area contributed by atoms with Gasteiger partial charge in [-0.1, -0.05) is 40.2 Å². The number of esters is 1. The third-order valence-electron chi connectivity index (χ3n) is 3.83. The molecular formula is C21H14BrNO4. The van der Waals surface area contributed by atoms with Gasteiger partial charge in [-0.05, 0) is 53.6 Å². The highest BCUT2D eigenvalue weighted by atomic mass is 79.9. The van der Waals surface area contributed by atoms with Crippen LogP contribution in [-0.4, -0.2) is 11.9 Å². The Kier molecular flexibility index (Phi) is 4.89. The Hall–Kier alpha value is -3.12. The molecule has 2 heterocycles. The molecule has 0 saturated carbocycles. The summed E-state index contributed by atoms with van der Waals surface area (Å²) < 4.78 is 17.1. The van der Waals surface area contributed by atoms with Crippen LogP contribution in [0.2, 0.25) is 0 Å². The number of nitrogens with zero attached hydrogens (tertiary/aromatic N) is 1. The van der Waals surface area contributed by atoms with Crippen LogP contribution in [-0.2, 0) is 16.1 Å². The number of halogens is 1. The van der Waals surface area contributed by atoms with E-state index in [4.69, 9.17) is 13.9 Å². The summed E-state index contributed by atoms with van der Waals surface area (Å²) in [6.07, 6.45) is 3.16. The summed E-state index contributed by atoms with van der Waals surface area (Å²) in [5.74, 6) is 0.829. The number of rotatable bonds is 5. The average Bonchev–Trinajstić information content (AvgIpc) is 3.32. The fourth-order valence-electron chi connectivity index (χ4n) is 2.53. The molecule has 4 rings (SSSR count). The highest BCUT2D eigenvalue weighted by Gasteiger charge is 2.25. The van der Waals surface area contributed by atoms with Crippen LogP contribution in [0.25, 0.3) is 6.08 Å². The molecule has 0 bridgehead atoms. The number of furan rings is 1. The zero-order chi connectivity index (χ0) is 18.6. The Balaban J connectivity index is 1.44. The fraction of sp³-hybridized carbons (Fsp3) is 0.0476. The zero-order valence-electron chi connectivity index (χ0n) is 14.1. The van der Waals surface area contributed by atoms with E-state index in [-0.39, 0.29) is 11.6 Å². The van der Waals surface area contributed by atoms with Crippen molar-refractivity contribution in [1.29, 1.82) is 0 Å². The standard InChI is InChI=1S/C21H14BrNO4/c22-16-4-1-3-15(11-16)13-26-17-8-6-14(7-9-17)12-18-21(24)27-20(23-18)19-5-2-10-25-19/h1-12H,13H2/b18-12-. The molecular weight excluding hydrogens is 410 g/mol. The first-order valence-electron chi connectivity index (χ1n) is 8.21. The second-order valence-corrected chi connectivity index (χ2v) is 6.72. The maximum atomic E-state index is 12.0. The minimum Gasteiger partial charge on any atom is -0.489 e. The van der Waals surface area contributed by atoms with Gasteiger partial charge in [0.15, 0.2) is 11.5 Å². The molecule has 0 spiro atoms. The van der Waals surface area contributed by atoms with Gasteiger partial charge in [-0.2, -0.15) is 0 Å². The largest absolute Gasteiger partial charge is 0.489 e. The molecule has 27 heavy (non-hydrogen) atoms. The van der Waals surface area contributed by atoms with Gasteiger partial charge in [-0.3, -0.25) is 0 Å². The maximum Gasteiger partial charge on any atom is 0.363 e. The molecule has 134 valence electrons. The summed E-state index contributed by atoms with van der Waals surface area (Å²) in [7, 11) is 0. The Morgan fingerprint density at radius 3 is 2.67 bits per heavy atom. The predicted molar refractivity (Wildman–Crippen MR) is 104 cm³/mol. The van der Waals surface area contributed by atoms with Crippen LogP contribution in [0.1, 0.15) is 16.9 Å². The molecule has 6 heteroatoms. The lowest BCUT2D eigenvalue weighted by Crippen LogP contribution is -2.04. The summed E-state index contributed by atoms with van der Waals surface area (Å²) in [5.41, 5.74) is 2.12. The highest BCUT2D eigenvalue weighted by Crippen LogP contribution is 2.21. The van der Waals surface area contributed by atoms with Crippen molar-refractivity contribution in [1.82, 2.24) is 0 Å². The lowest BCUT2D eigenvalue weighted by atomic mass is 10.2. The van der Waals surface area contributed by atoms with Crippen molar-refractivity contribution in [3.63, 3.8) is 0 Å². The first-order chi connectivity index (χ1) is 13.2. The summed E-state index contributed by atoms with van der Waals surface area (Å²) in [6.45, 7) is 0.475. The molecule has 0 unspecified atom stereocenters. The molecule has 0 radical (unpaired) electrons. The van der Waals surface area contributed by atoms with Gasteiger partial charge in [0.2, 0.25) is 0 Å². The number of aliphatic imine (C=N–C) groups is 1. The third-order valence-corrected chi connectivity index (χ3v) is 4.32. The smallest absolute Gasteiger partial charge is 0.363 e. The van der Waals surface area contributed by atoms with Crippen LogP contribution >= 0.6 is 15.9 Å². The summed E-state index contributed by atoms with van der Waals surface area (Å²) in [5, 5.41) is 0. The molecule has 1 aromatic heterocycles. The van der Waals surface area contributed by atoms with Crippen LogP contribution < -0.4 is 4.74 Å². The normalized spacial score (nSPS) is 14.9. The molecule has 1 aliphatic rings. The van der Waals surface area contributed by atoms with E-state index in [0.717, 1.165) is 21.3 Å². The quantitative estimate of drug-likeness (QED) is 0.429. The van der Waals surface area contributed by atoms with Crippen molar-refractivity contribution in [2.75, 3.05) is 0 Å². The van der Waals surface area contributed by atoms with Gasteiger partial charge in [0.05, 0.1) is 6.26 Å². The number of cyclic esters (lactones) is 1. The topological polar surface area (TPSA) is 61.0 Å². The monoisotopic (exact) mass is 423 g/mol. The first kappa shape index (κ1) is 17.3. The van der Waals surface area contributed by atoms with E-state index in [0.29, 0.717) is 12.4 Å². The number of benzene rings is 2. The minimum absolute atomic E-state index is 0.172. The van der Waals surface area contributed by atoms with Crippen LogP contribution in [0.4, 0.5) is 0 Å². The average molecular weight is 424 g/mol. The maximum absolute atomic E-state index is 12.0. The fourth-order valence-corrected chi connectivity index (χ4v) is 2.97. The van der Waals surface area contributed by atoms with E-state index >= 15 is 0 Å². The molecule has 3 aromatic rings. The number of ether oxygens (including phenoxy) is 2. The Bertz CT molecular complexity index is 1020. The van der Waals surface area contributed by atoms with Crippen LogP contribution in [0.3, 0.4) is 0 Å². The van der Waals surface area contributed by atoms with Gasteiger partial charge in [0, 0.05) is 4.47 Å². The second-order valence-electron chi connectivity index (χ2n) is 5.80. The molecule has 2 aromatic carbocycles. The lowest BCUT2D eigenvalue weighted by Gasteiger charge is -2.07. The molecule has 0 N–H and O–H groups in total. The van der Waals surface area contributed by atoms with Gasteiger partial charge < -0.3 is 13.9 Å². The van der Waals surface area contributed by atoms with E-state index in [1.54, 1.807) is 18.2 Å². The van der Waals surface area contributed by atoms with E-state index in [1.807, 2.05) is 48.5 Å². The Morgan fingerprint density at radius 1 is 1.07 bits per heavy atom.